The van der Waals surface area contributed by atoms with Crippen molar-refractivity contribution in [1.82, 2.24) is 5.32 Å². The average Bonchev–Trinajstić information content (AvgIpc) is 2.53. The summed E-state index contributed by atoms with van der Waals surface area (Å²) in [6.45, 7) is -0.251. The van der Waals surface area contributed by atoms with E-state index >= 15 is 0 Å². The Morgan fingerprint density at radius 1 is 1.13 bits per heavy atom. The molecule has 2 amide bonds. The second kappa shape index (κ2) is 8.50. The second-order valence-electron chi connectivity index (χ2n) is 4.65. The van der Waals surface area contributed by atoms with Gasteiger partial charge >= 0.3 is 6.03 Å². The number of thioether (sulfide) groups is 1. The molecular weight excluding hydrogens is 322 g/mol. The summed E-state index contributed by atoms with van der Waals surface area (Å²) in [6, 6.07) is 14.2. The third-order valence-corrected chi connectivity index (χ3v) is 3.71. The van der Waals surface area contributed by atoms with Gasteiger partial charge in [-0.2, -0.15) is 8.78 Å². The van der Waals surface area contributed by atoms with Crippen LogP contribution in [0, 0.1) is 0 Å². The van der Waals surface area contributed by atoms with E-state index in [1.54, 1.807) is 30.3 Å². The lowest BCUT2D eigenvalue weighted by atomic mass is 10.1. The Bertz CT molecular complexity index is 641. The molecule has 0 unspecified atom stereocenters. The van der Waals surface area contributed by atoms with Crippen LogP contribution in [0.3, 0.4) is 0 Å². The number of aliphatic hydroxyl groups is 1. The van der Waals surface area contributed by atoms with Crippen molar-refractivity contribution in [3.8, 4) is 0 Å². The van der Waals surface area contributed by atoms with Crippen molar-refractivity contribution < 1.29 is 18.7 Å². The van der Waals surface area contributed by atoms with E-state index in [9.17, 15) is 18.7 Å². The van der Waals surface area contributed by atoms with E-state index in [-0.39, 0.29) is 6.61 Å². The first-order chi connectivity index (χ1) is 11.1. The zero-order chi connectivity index (χ0) is 16.7. The predicted molar refractivity (Wildman–Crippen MR) is 86.7 cm³/mol. The summed E-state index contributed by atoms with van der Waals surface area (Å²) in [5, 5.41) is 14.6. The van der Waals surface area contributed by atoms with Crippen molar-refractivity contribution in [2.24, 2.45) is 0 Å². The first kappa shape index (κ1) is 17.2. The fraction of sp³-hybridized carbons (Fsp3) is 0.188. The monoisotopic (exact) mass is 338 g/mol. The lowest BCUT2D eigenvalue weighted by Crippen LogP contribution is -2.34. The number of anilines is 1. The maximum Gasteiger partial charge on any atom is 0.319 e. The van der Waals surface area contributed by atoms with Crippen LogP contribution in [0.25, 0.3) is 0 Å². The van der Waals surface area contributed by atoms with E-state index in [0.29, 0.717) is 22.3 Å². The Morgan fingerprint density at radius 3 is 2.52 bits per heavy atom. The fourth-order valence-electron chi connectivity index (χ4n) is 2.00. The predicted octanol–water partition coefficient (Wildman–Crippen LogP) is 3.86. The van der Waals surface area contributed by atoms with E-state index in [2.05, 4.69) is 10.6 Å². The molecule has 122 valence electrons. The van der Waals surface area contributed by atoms with Crippen molar-refractivity contribution in [1.29, 1.82) is 0 Å². The van der Waals surface area contributed by atoms with E-state index in [1.165, 1.54) is 6.07 Å². The van der Waals surface area contributed by atoms with Crippen molar-refractivity contribution >= 4 is 23.5 Å². The topological polar surface area (TPSA) is 61.4 Å². The van der Waals surface area contributed by atoms with Crippen molar-refractivity contribution in [2.45, 2.75) is 16.7 Å². The minimum Gasteiger partial charge on any atom is -0.394 e. The highest BCUT2D eigenvalue weighted by Gasteiger charge is 2.13. The zero-order valence-corrected chi connectivity index (χ0v) is 12.9. The summed E-state index contributed by atoms with van der Waals surface area (Å²) in [4.78, 5) is 12.4. The molecule has 2 rings (SSSR count). The smallest absolute Gasteiger partial charge is 0.319 e. The Kier molecular flexibility index (Phi) is 6.37. The molecule has 2 aromatic carbocycles. The van der Waals surface area contributed by atoms with Gasteiger partial charge in [-0.3, -0.25) is 0 Å². The number of amides is 2. The Hall–Kier alpha value is -2.12. The number of benzene rings is 2. The molecular formula is C16H16F2N2O2S. The van der Waals surface area contributed by atoms with Crippen LogP contribution in [0.15, 0.2) is 59.5 Å². The molecule has 3 N–H and O–H groups in total. The van der Waals surface area contributed by atoms with Gasteiger partial charge in [0.25, 0.3) is 5.76 Å². The normalized spacial score (nSPS) is 12.0. The van der Waals surface area contributed by atoms with Gasteiger partial charge in [-0.25, -0.2) is 4.79 Å². The van der Waals surface area contributed by atoms with E-state index in [0.717, 1.165) is 5.56 Å². The standard InChI is InChI=1S/C16H16F2N2O2S/c17-15(18)23-13-8-4-7-12(9-13)19-16(22)20-14(10-21)11-5-2-1-3-6-11/h1-9,14-15,21H,10H2,(H2,19,20,22)/t14-/m0/s1. The third-order valence-electron chi connectivity index (χ3n) is 3.01. The average molecular weight is 338 g/mol. The van der Waals surface area contributed by atoms with Gasteiger partial charge in [0, 0.05) is 10.6 Å². The highest BCUT2D eigenvalue weighted by atomic mass is 32.2. The molecule has 0 fully saturated rings. The number of carbonyl (C=O) groups excluding carboxylic acids is 1. The summed E-state index contributed by atoms with van der Waals surface area (Å²) in [5.74, 6) is -2.52. The Balaban J connectivity index is 1.98. The number of alkyl halides is 2. The lowest BCUT2D eigenvalue weighted by molar-refractivity contribution is 0.225. The number of nitrogens with one attached hydrogen (secondary N) is 2. The van der Waals surface area contributed by atoms with Gasteiger partial charge in [-0.15, -0.1) is 0 Å². The number of rotatable bonds is 6. The maximum absolute atomic E-state index is 12.4. The quantitative estimate of drug-likeness (QED) is 0.701. The van der Waals surface area contributed by atoms with E-state index in [4.69, 9.17) is 0 Å². The molecule has 0 saturated heterocycles. The molecule has 0 saturated carbocycles. The summed E-state index contributed by atoms with van der Waals surface area (Å²) in [6.07, 6.45) is 0. The number of hydrogen-bond donors (Lipinski definition) is 3. The molecule has 2 aromatic rings. The SMILES string of the molecule is O=C(Nc1cccc(SC(F)F)c1)N[C@@H](CO)c1ccccc1. The molecule has 0 heterocycles. The lowest BCUT2D eigenvalue weighted by Gasteiger charge is -2.17. The number of hydrogen-bond acceptors (Lipinski definition) is 3. The summed E-state index contributed by atoms with van der Waals surface area (Å²) in [7, 11) is 0. The van der Waals surface area contributed by atoms with E-state index < -0.39 is 17.8 Å². The molecule has 7 heteroatoms. The molecule has 0 aliphatic heterocycles. The molecule has 23 heavy (non-hydrogen) atoms. The molecule has 0 aromatic heterocycles. The van der Waals surface area contributed by atoms with Crippen LogP contribution in [0.5, 0.6) is 0 Å². The van der Waals surface area contributed by atoms with Crippen LogP contribution in [0.1, 0.15) is 11.6 Å². The van der Waals surface area contributed by atoms with Crippen molar-refractivity contribution in [2.75, 3.05) is 11.9 Å². The minimum atomic E-state index is -2.52. The molecule has 0 radical (unpaired) electrons. The zero-order valence-electron chi connectivity index (χ0n) is 12.1. The van der Waals surface area contributed by atoms with Crippen LogP contribution in [0.2, 0.25) is 0 Å². The van der Waals surface area contributed by atoms with Crippen LogP contribution in [0.4, 0.5) is 19.3 Å². The highest BCUT2D eigenvalue weighted by Crippen LogP contribution is 2.27. The van der Waals surface area contributed by atoms with E-state index in [1.807, 2.05) is 18.2 Å². The highest BCUT2D eigenvalue weighted by molar-refractivity contribution is 7.99. The van der Waals surface area contributed by atoms with Crippen LogP contribution < -0.4 is 10.6 Å². The molecule has 0 spiro atoms. The second-order valence-corrected chi connectivity index (χ2v) is 5.71. The third kappa shape index (κ3) is 5.54. The molecule has 1 atom stereocenters. The summed E-state index contributed by atoms with van der Waals surface area (Å²) in [5.41, 5.74) is 1.17. The van der Waals surface area contributed by atoms with Gasteiger partial charge in [0.1, 0.15) is 0 Å². The molecule has 4 nitrogen and oxygen atoms in total. The number of urea groups is 1. The molecule has 0 aliphatic rings. The van der Waals surface area contributed by atoms with Crippen LogP contribution in [-0.2, 0) is 0 Å². The van der Waals surface area contributed by atoms with Gasteiger partial charge in [0.05, 0.1) is 12.6 Å². The van der Waals surface area contributed by atoms with Crippen LogP contribution >= 0.6 is 11.8 Å². The fourth-order valence-corrected chi connectivity index (χ4v) is 2.55. The maximum atomic E-state index is 12.4. The van der Waals surface area contributed by atoms with Gasteiger partial charge in [-0.05, 0) is 23.8 Å². The van der Waals surface area contributed by atoms with Crippen LogP contribution in [-0.4, -0.2) is 23.5 Å². The summed E-state index contributed by atoms with van der Waals surface area (Å²) >= 11 is 0.410. The molecule has 0 aliphatic carbocycles. The first-order valence-electron chi connectivity index (χ1n) is 6.86. The number of halogens is 2. The van der Waals surface area contributed by atoms with Gasteiger partial charge in [0.2, 0.25) is 0 Å². The van der Waals surface area contributed by atoms with Crippen molar-refractivity contribution in [3.05, 3.63) is 60.2 Å². The minimum absolute atomic E-state index is 0.251. The van der Waals surface area contributed by atoms with Gasteiger partial charge < -0.3 is 15.7 Å². The largest absolute Gasteiger partial charge is 0.394 e. The molecule has 0 bridgehead atoms. The number of aliphatic hydroxyl groups excluding tert-OH is 1. The Labute approximate surface area is 136 Å². The van der Waals surface area contributed by atoms with Gasteiger partial charge in [0.15, 0.2) is 0 Å². The summed E-state index contributed by atoms with van der Waals surface area (Å²) < 4.78 is 24.7. The van der Waals surface area contributed by atoms with Crippen molar-refractivity contribution in [3.63, 3.8) is 0 Å². The first-order valence-corrected chi connectivity index (χ1v) is 7.74. The van der Waals surface area contributed by atoms with Gasteiger partial charge in [-0.1, -0.05) is 48.2 Å². The number of carbonyl (C=O) groups is 1. The Morgan fingerprint density at radius 2 is 1.87 bits per heavy atom.